The van der Waals surface area contributed by atoms with E-state index in [1.807, 2.05) is 0 Å². The van der Waals surface area contributed by atoms with Crippen molar-refractivity contribution in [3.8, 4) is 5.75 Å². The van der Waals surface area contributed by atoms with E-state index in [2.05, 4.69) is 13.5 Å². The number of benzene rings is 1. The molecule has 0 saturated heterocycles. The standard InChI is InChI=1S/C14H18F2O/c1-3-5-6-8-17-14-12(15)9-11(7-4-2)10-13(14)16/h4,9-10H,2-3,5-8H2,1H3. The average Bonchev–Trinajstić information content (AvgIpc) is 2.27. The first-order valence-corrected chi connectivity index (χ1v) is 5.90. The highest BCUT2D eigenvalue weighted by Gasteiger charge is 2.11. The van der Waals surface area contributed by atoms with Crippen molar-refractivity contribution in [2.24, 2.45) is 0 Å². The van der Waals surface area contributed by atoms with E-state index in [1.165, 1.54) is 12.1 Å². The second kappa shape index (κ2) is 7.05. The largest absolute Gasteiger partial charge is 0.488 e. The third-order valence-corrected chi connectivity index (χ3v) is 2.43. The summed E-state index contributed by atoms with van der Waals surface area (Å²) in [6, 6.07) is 2.58. The predicted octanol–water partition coefficient (Wildman–Crippen LogP) is 4.26. The van der Waals surface area contributed by atoms with Crippen molar-refractivity contribution in [3.63, 3.8) is 0 Å². The zero-order valence-corrected chi connectivity index (χ0v) is 10.1. The van der Waals surface area contributed by atoms with E-state index >= 15 is 0 Å². The lowest BCUT2D eigenvalue weighted by Crippen LogP contribution is -2.02. The lowest BCUT2D eigenvalue weighted by Gasteiger charge is -2.09. The quantitative estimate of drug-likeness (QED) is 0.511. The molecule has 0 atom stereocenters. The van der Waals surface area contributed by atoms with Gasteiger partial charge in [-0.25, -0.2) is 8.78 Å². The van der Waals surface area contributed by atoms with E-state index < -0.39 is 11.6 Å². The first-order chi connectivity index (χ1) is 8.19. The summed E-state index contributed by atoms with van der Waals surface area (Å²) in [6.07, 6.45) is 4.91. The van der Waals surface area contributed by atoms with Crippen LogP contribution in [0.1, 0.15) is 31.7 Å². The maximum absolute atomic E-state index is 13.5. The molecule has 0 saturated carbocycles. The van der Waals surface area contributed by atoms with Gasteiger partial charge in [0.05, 0.1) is 6.61 Å². The van der Waals surface area contributed by atoms with E-state index in [9.17, 15) is 8.78 Å². The summed E-state index contributed by atoms with van der Waals surface area (Å²) in [4.78, 5) is 0. The van der Waals surface area contributed by atoms with Crippen LogP contribution in [0.25, 0.3) is 0 Å². The van der Waals surface area contributed by atoms with Gasteiger partial charge in [-0.3, -0.25) is 0 Å². The van der Waals surface area contributed by atoms with Gasteiger partial charge in [-0.15, -0.1) is 6.58 Å². The highest BCUT2D eigenvalue weighted by molar-refractivity contribution is 5.32. The Labute approximate surface area is 101 Å². The Hall–Kier alpha value is -1.38. The van der Waals surface area contributed by atoms with Gasteiger partial charge in [0.15, 0.2) is 17.4 Å². The number of unbranched alkanes of at least 4 members (excludes halogenated alkanes) is 2. The summed E-state index contributed by atoms with van der Waals surface area (Å²) >= 11 is 0. The zero-order chi connectivity index (χ0) is 12.7. The Morgan fingerprint density at radius 1 is 1.24 bits per heavy atom. The van der Waals surface area contributed by atoms with Crippen molar-refractivity contribution >= 4 is 0 Å². The first kappa shape index (κ1) is 13.7. The molecule has 1 aromatic rings. The SMILES string of the molecule is C=CCc1cc(F)c(OCCCCC)c(F)c1. The Morgan fingerprint density at radius 3 is 2.41 bits per heavy atom. The van der Waals surface area contributed by atoms with Crippen LogP contribution >= 0.6 is 0 Å². The molecular weight excluding hydrogens is 222 g/mol. The molecule has 0 bridgehead atoms. The molecule has 1 nitrogen and oxygen atoms in total. The molecule has 0 heterocycles. The number of halogens is 2. The van der Waals surface area contributed by atoms with Gasteiger partial charge in [0.2, 0.25) is 0 Å². The molecule has 1 aromatic carbocycles. The predicted molar refractivity (Wildman–Crippen MR) is 65.3 cm³/mol. The molecule has 94 valence electrons. The summed E-state index contributed by atoms with van der Waals surface area (Å²) in [5, 5.41) is 0. The van der Waals surface area contributed by atoms with Gasteiger partial charge in [-0.1, -0.05) is 25.8 Å². The lowest BCUT2D eigenvalue weighted by molar-refractivity contribution is 0.276. The summed E-state index contributed by atoms with van der Waals surface area (Å²) in [6.45, 7) is 5.94. The molecule has 0 aliphatic heterocycles. The normalized spacial score (nSPS) is 10.3. The smallest absolute Gasteiger partial charge is 0.190 e. The van der Waals surface area contributed by atoms with Crippen molar-refractivity contribution in [3.05, 3.63) is 42.0 Å². The number of hydrogen-bond donors (Lipinski definition) is 0. The Morgan fingerprint density at radius 2 is 1.88 bits per heavy atom. The monoisotopic (exact) mass is 240 g/mol. The maximum atomic E-state index is 13.5. The first-order valence-electron chi connectivity index (χ1n) is 5.90. The fourth-order valence-corrected chi connectivity index (χ4v) is 1.56. The molecule has 0 unspecified atom stereocenters. The molecule has 0 aliphatic rings. The number of rotatable bonds is 7. The van der Waals surface area contributed by atoms with Gasteiger partial charge in [-0.2, -0.15) is 0 Å². The van der Waals surface area contributed by atoms with Crippen LogP contribution in [0.5, 0.6) is 5.75 Å². The second-order valence-electron chi connectivity index (χ2n) is 3.94. The van der Waals surface area contributed by atoms with Crippen LogP contribution in [0, 0.1) is 11.6 Å². The highest BCUT2D eigenvalue weighted by atomic mass is 19.1. The molecule has 0 radical (unpaired) electrons. The molecular formula is C14H18F2O. The maximum Gasteiger partial charge on any atom is 0.190 e. The Bertz CT molecular complexity index is 351. The molecule has 0 spiro atoms. The molecule has 17 heavy (non-hydrogen) atoms. The van der Waals surface area contributed by atoms with Gasteiger partial charge >= 0.3 is 0 Å². The van der Waals surface area contributed by atoms with E-state index in [-0.39, 0.29) is 5.75 Å². The Kier molecular flexibility index (Phi) is 5.67. The van der Waals surface area contributed by atoms with Crippen molar-refractivity contribution in [1.29, 1.82) is 0 Å². The summed E-state index contributed by atoms with van der Waals surface area (Å²) in [5.74, 6) is -1.55. The van der Waals surface area contributed by atoms with Crippen molar-refractivity contribution in [1.82, 2.24) is 0 Å². The molecule has 0 N–H and O–H groups in total. The van der Waals surface area contributed by atoms with Crippen LogP contribution in [0.15, 0.2) is 24.8 Å². The van der Waals surface area contributed by atoms with Gasteiger partial charge in [0, 0.05) is 0 Å². The topological polar surface area (TPSA) is 9.23 Å². The molecule has 0 aromatic heterocycles. The third kappa shape index (κ3) is 4.17. The van der Waals surface area contributed by atoms with Crippen molar-refractivity contribution in [2.75, 3.05) is 6.61 Å². The average molecular weight is 240 g/mol. The fourth-order valence-electron chi connectivity index (χ4n) is 1.56. The zero-order valence-electron chi connectivity index (χ0n) is 10.1. The summed E-state index contributed by atoms with van der Waals surface area (Å²) in [5.41, 5.74) is 0.566. The van der Waals surface area contributed by atoms with Gasteiger partial charge < -0.3 is 4.74 Å². The van der Waals surface area contributed by atoms with Crippen molar-refractivity contribution in [2.45, 2.75) is 32.6 Å². The fraction of sp³-hybridized carbons (Fsp3) is 0.429. The minimum absolute atomic E-state index is 0.270. The van der Waals surface area contributed by atoms with Crippen LogP contribution in [0.2, 0.25) is 0 Å². The number of allylic oxidation sites excluding steroid dienone is 1. The van der Waals surface area contributed by atoms with E-state index in [1.54, 1.807) is 6.08 Å². The van der Waals surface area contributed by atoms with Crippen LogP contribution < -0.4 is 4.74 Å². The molecule has 0 aliphatic carbocycles. The van der Waals surface area contributed by atoms with E-state index in [4.69, 9.17) is 4.74 Å². The highest BCUT2D eigenvalue weighted by Crippen LogP contribution is 2.24. The minimum atomic E-state index is -0.640. The summed E-state index contributed by atoms with van der Waals surface area (Å²) in [7, 11) is 0. The van der Waals surface area contributed by atoms with Crippen LogP contribution in [-0.4, -0.2) is 6.61 Å². The Balaban J connectivity index is 2.68. The second-order valence-corrected chi connectivity index (χ2v) is 3.94. The molecule has 1 rings (SSSR count). The molecule has 0 amide bonds. The lowest BCUT2D eigenvalue weighted by atomic mass is 10.1. The minimum Gasteiger partial charge on any atom is -0.488 e. The van der Waals surface area contributed by atoms with E-state index in [0.717, 1.165) is 19.3 Å². The number of hydrogen-bond acceptors (Lipinski definition) is 1. The molecule has 3 heteroatoms. The van der Waals surface area contributed by atoms with Gasteiger partial charge in [0.1, 0.15) is 0 Å². The third-order valence-electron chi connectivity index (χ3n) is 2.43. The summed E-state index contributed by atoms with van der Waals surface area (Å²) < 4.78 is 32.2. The van der Waals surface area contributed by atoms with Crippen LogP contribution in [-0.2, 0) is 6.42 Å². The van der Waals surface area contributed by atoms with Crippen LogP contribution in [0.3, 0.4) is 0 Å². The van der Waals surface area contributed by atoms with E-state index in [0.29, 0.717) is 18.6 Å². The van der Waals surface area contributed by atoms with Gasteiger partial charge in [-0.05, 0) is 30.5 Å². The number of ether oxygens (including phenoxy) is 1. The van der Waals surface area contributed by atoms with Crippen molar-refractivity contribution < 1.29 is 13.5 Å². The molecule has 0 fully saturated rings. The van der Waals surface area contributed by atoms with Gasteiger partial charge in [0.25, 0.3) is 0 Å². The van der Waals surface area contributed by atoms with Crippen LogP contribution in [0.4, 0.5) is 8.78 Å².